The van der Waals surface area contributed by atoms with Gasteiger partial charge in [0.25, 0.3) is 0 Å². The lowest BCUT2D eigenvalue weighted by molar-refractivity contribution is 0.486. The highest BCUT2D eigenvalue weighted by Gasteiger charge is 2.23. The van der Waals surface area contributed by atoms with Crippen LogP contribution in [0.3, 0.4) is 0 Å². The number of rotatable bonds is 5. The molecule has 16 heavy (non-hydrogen) atoms. The summed E-state index contributed by atoms with van der Waals surface area (Å²) in [5, 5.41) is 6.34. The molecule has 0 fully saturated rings. The van der Waals surface area contributed by atoms with Gasteiger partial charge in [-0.1, -0.05) is 36.4 Å². The predicted molar refractivity (Wildman–Crippen MR) is 71.2 cm³/mol. The normalized spacial score (nSPS) is 14.3. The number of nitrogens with one attached hydrogen (secondary N) is 2. The molecule has 0 aliphatic rings. The molecular formula is C9H16IN3O2S. The van der Waals surface area contributed by atoms with Crippen LogP contribution in [0.2, 0.25) is 0 Å². The molecule has 0 saturated heterocycles. The Morgan fingerprint density at radius 2 is 2.19 bits per heavy atom. The van der Waals surface area contributed by atoms with Crippen LogP contribution in [0.15, 0.2) is 11.1 Å². The van der Waals surface area contributed by atoms with Gasteiger partial charge >= 0.3 is 0 Å². The topological polar surface area (TPSA) is 74.8 Å². The number of aromatic amines is 1. The molecule has 0 saturated carbocycles. The summed E-state index contributed by atoms with van der Waals surface area (Å²) < 4.78 is 27.5. The summed E-state index contributed by atoms with van der Waals surface area (Å²) in [4.78, 5) is 0.225. The predicted octanol–water partition coefficient (Wildman–Crippen LogP) is 1.46. The molecule has 1 aromatic heterocycles. The van der Waals surface area contributed by atoms with E-state index in [1.807, 2.05) is 13.8 Å². The zero-order valence-corrected chi connectivity index (χ0v) is 12.5. The minimum Gasteiger partial charge on any atom is -0.281 e. The lowest BCUT2D eigenvalue weighted by atomic mass is 10.1. The van der Waals surface area contributed by atoms with Crippen molar-refractivity contribution in [3.63, 3.8) is 0 Å². The fourth-order valence-electron chi connectivity index (χ4n) is 1.22. The maximum atomic E-state index is 12.0. The van der Waals surface area contributed by atoms with Gasteiger partial charge in [-0.25, -0.2) is 13.1 Å². The molecule has 1 rings (SSSR count). The van der Waals surface area contributed by atoms with Crippen LogP contribution in [0.1, 0.15) is 19.5 Å². The minimum atomic E-state index is -3.45. The number of sulfonamides is 1. The van der Waals surface area contributed by atoms with Crippen molar-refractivity contribution in [3.8, 4) is 0 Å². The Bertz CT molecular complexity index is 441. The summed E-state index contributed by atoms with van der Waals surface area (Å²) in [7, 11) is -3.45. The zero-order chi connectivity index (χ0) is 12.3. The highest BCUT2D eigenvalue weighted by molar-refractivity contribution is 14.1. The lowest BCUT2D eigenvalue weighted by Gasteiger charge is -2.19. The van der Waals surface area contributed by atoms with Crippen LogP contribution in [-0.2, 0) is 10.0 Å². The third-order valence-corrected chi connectivity index (χ3v) is 4.90. The van der Waals surface area contributed by atoms with Gasteiger partial charge in [0.2, 0.25) is 10.0 Å². The number of hydrogen-bond acceptors (Lipinski definition) is 3. The van der Waals surface area contributed by atoms with Crippen molar-refractivity contribution in [1.29, 1.82) is 0 Å². The van der Waals surface area contributed by atoms with Crippen LogP contribution < -0.4 is 4.72 Å². The number of hydrogen-bond donors (Lipinski definition) is 2. The van der Waals surface area contributed by atoms with E-state index in [4.69, 9.17) is 0 Å². The molecule has 0 aliphatic carbocycles. The van der Waals surface area contributed by atoms with Crippen molar-refractivity contribution < 1.29 is 8.42 Å². The smallest absolute Gasteiger partial charge is 0.244 e. The molecule has 2 N–H and O–H groups in total. The van der Waals surface area contributed by atoms with E-state index in [2.05, 4.69) is 37.5 Å². The Morgan fingerprint density at radius 1 is 1.56 bits per heavy atom. The van der Waals surface area contributed by atoms with Gasteiger partial charge in [-0.05, 0) is 12.8 Å². The summed E-state index contributed by atoms with van der Waals surface area (Å²) in [6, 6.07) is -0.0556. The maximum absolute atomic E-state index is 12.0. The van der Waals surface area contributed by atoms with E-state index in [0.717, 1.165) is 4.43 Å². The highest BCUT2D eigenvalue weighted by atomic mass is 127. The minimum absolute atomic E-state index is 0.0556. The molecule has 0 spiro atoms. The molecule has 0 aliphatic heterocycles. The number of aromatic nitrogens is 2. The Balaban J connectivity index is 2.92. The second-order valence-corrected chi connectivity index (χ2v) is 6.55. The van der Waals surface area contributed by atoms with Crippen molar-refractivity contribution in [1.82, 2.24) is 14.9 Å². The van der Waals surface area contributed by atoms with Gasteiger partial charge < -0.3 is 0 Å². The first-order valence-electron chi connectivity index (χ1n) is 4.96. The van der Waals surface area contributed by atoms with Crippen LogP contribution in [0, 0.1) is 12.8 Å². The van der Waals surface area contributed by atoms with E-state index in [-0.39, 0.29) is 16.9 Å². The van der Waals surface area contributed by atoms with E-state index in [0.29, 0.717) is 5.69 Å². The Labute approximate surface area is 110 Å². The van der Waals surface area contributed by atoms with Crippen LogP contribution >= 0.6 is 22.6 Å². The van der Waals surface area contributed by atoms with Gasteiger partial charge in [0.1, 0.15) is 4.90 Å². The van der Waals surface area contributed by atoms with E-state index in [1.165, 1.54) is 6.20 Å². The molecular weight excluding hydrogens is 341 g/mol. The molecule has 0 amide bonds. The monoisotopic (exact) mass is 357 g/mol. The van der Waals surface area contributed by atoms with Crippen molar-refractivity contribution >= 4 is 32.6 Å². The van der Waals surface area contributed by atoms with Gasteiger partial charge in [-0.15, -0.1) is 0 Å². The number of nitrogens with zero attached hydrogens (tertiary/aromatic N) is 1. The summed E-state index contributed by atoms with van der Waals surface area (Å²) >= 11 is 2.18. The first-order valence-corrected chi connectivity index (χ1v) is 7.97. The van der Waals surface area contributed by atoms with Crippen LogP contribution in [0.4, 0.5) is 0 Å². The Hall–Kier alpha value is -0.150. The molecule has 92 valence electrons. The number of halogens is 1. The fourth-order valence-corrected chi connectivity index (χ4v) is 4.28. The fraction of sp³-hybridized carbons (Fsp3) is 0.667. The molecule has 1 unspecified atom stereocenters. The molecule has 5 nitrogen and oxygen atoms in total. The zero-order valence-electron chi connectivity index (χ0n) is 9.49. The average Bonchev–Trinajstić information content (AvgIpc) is 2.61. The number of aryl methyl sites for hydroxylation is 1. The quantitative estimate of drug-likeness (QED) is 0.619. The SMILES string of the molecule is Cc1[nH]ncc1S(=O)(=O)NC(CI)C(C)C. The van der Waals surface area contributed by atoms with Gasteiger partial charge in [-0.2, -0.15) is 5.10 Å². The second-order valence-electron chi connectivity index (χ2n) is 3.99. The van der Waals surface area contributed by atoms with Crippen molar-refractivity contribution in [3.05, 3.63) is 11.9 Å². The second kappa shape index (κ2) is 5.46. The number of H-pyrrole nitrogens is 1. The summed E-state index contributed by atoms with van der Waals surface area (Å²) in [5.41, 5.74) is 0.559. The molecule has 1 heterocycles. The first kappa shape index (κ1) is 13.9. The summed E-state index contributed by atoms with van der Waals surface area (Å²) in [5.74, 6) is 0.263. The number of alkyl halides is 1. The van der Waals surface area contributed by atoms with Gasteiger partial charge in [0, 0.05) is 10.5 Å². The van der Waals surface area contributed by atoms with Gasteiger partial charge in [0.15, 0.2) is 0 Å². The Morgan fingerprint density at radius 3 is 2.56 bits per heavy atom. The molecule has 0 aromatic carbocycles. The van der Waals surface area contributed by atoms with Crippen LogP contribution in [0.5, 0.6) is 0 Å². The standard InChI is InChI=1S/C9H16IN3O2S/c1-6(2)8(4-10)13-16(14,15)9-5-11-12-7(9)3/h5-6,8,13H,4H2,1-3H3,(H,11,12). The summed E-state index contributed by atoms with van der Waals surface area (Å²) in [6.07, 6.45) is 1.34. The van der Waals surface area contributed by atoms with Crippen molar-refractivity contribution in [2.24, 2.45) is 5.92 Å². The molecule has 0 bridgehead atoms. The van der Waals surface area contributed by atoms with Crippen LogP contribution in [0.25, 0.3) is 0 Å². The summed E-state index contributed by atoms with van der Waals surface area (Å²) in [6.45, 7) is 5.68. The van der Waals surface area contributed by atoms with E-state index >= 15 is 0 Å². The highest BCUT2D eigenvalue weighted by Crippen LogP contribution is 2.14. The third kappa shape index (κ3) is 3.17. The average molecular weight is 357 g/mol. The van der Waals surface area contributed by atoms with E-state index < -0.39 is 10.0 Å². The van der Waals surface area contributed by atoms with Gasteiger partial charge in [0.05, 0.1) is 11.9 Å². The molecule has 1 aromatic rings. The Kier molecular flexibility index (Phi) is 4.74. The molecule has 0 radical (unpaired) electrons. The van der Waals surface area contributed by atoms with Gasteiger partial charge in [-0.3, -0.25) is 5.10 Å². The van der Waals surface area contributed by atoms with E-state index in [1.54, 1.807) is 6.92 Å². The lowest BCUT2D eigenvalue weighted by Crippen LogP contribution is -2.39. The third-order valence-electron chi connectivity index (χ3n) is 2.35. The van der Waals surface area contributed by atoms with Crippen molar-refractivity contribution in [2.45, 2.75) is 31.7 Å². The van der Waals surface area contributed by atoms with Crippen LogP contribution in [-0.4, -0.2) is 29.1 Å². The largest absolute Gasteiger partial charge is 0.281 e. The van der Waals surface area contributed by atoms with E-state index in [9.17, 15) is 8.42 Å². The maximum Gasteiger partial charge on any atom is 0.244 e. The molecule has 1 atom stereocenters. The van der Waals surface area contributed by atoms with Crippen molar-refractivity contribution in [2.75, 3.05) is 4.43 Å². The first-order chi connectivity index (χ1) is 7.38. The molecule has 7 heteroatoms.